The number of carbonyl (C=O) groups excluding carboxylic acids is 1. The van der Waals surface area contributed by atoms with Crippen LogP contribution in [-0.4, -0.2) is 63.3 Å². The molecule has 0 atom stereocenters. The molecule has 11 heteroatoms. The van der Waals surface area contributed by atoms with Crippen molar-refractivity contribution in [2.45, 2.75) is 43.1 Å². The van der Waals surface area contributed by atoms with Gasteiger partial charge in [-0.1, -0.05) is 17.3 Å². The molecule has 1 heterocycles. The van der Waals surface area contributed by atoms with Gasteiger partial charge in [0.05, 0.1) is 17.3 Å². The molecule has 0 spiro atoms. The molecule has 0 unspecified atom stereocenters. The number of carbonyl (C=O) groups is 1. The summed E-state index contributed by atoms with van der Waals surface area (Å²) in [6.07, 6.45) is 7.40. The van der Waals surface area contributed by atoms with Gasteiger partial charge in [0.15, 0.2) is 11.5 Å². The van der Waals surface area contributed by atoms with Gasteiger partial charge in [0.2, 0.25) is 0 Å². The summed E-state index contributed by atoms with van der Waals surface area (Å²) in [6.45, 7) is 0.446. The fourth-order valence-corrected chi connectivity index (χ4v) is 4.72. The molecule has 0 radical (unpaired) electrons. The predicted octanol–water partition coefficient (Wildman–Crippen LogP) is 3.97. The number of hydrogen-bond acceptors (Lipinski definition) is 9. The van der Waals surface area contributed by atoms with Gasteiger partial charge in [-0.15, -0.1) is 0 Å². The van der Waals surface area contributed by atoms with E-state index >= 15 is 0 Å². The zero-order valence-corrected chi connectivity index (χ0v) is 19.7. The van der Waals surface area contributed by atoms with Gasteiger partial charge < -0.3 is 20.2 Å². The van der Waals surface area contributed by atoms with Crippen molar-refractivity contribution in [3.8, 4) is 0 Å². The minimum Gasteiger partial charge on any atom is -0.392 e. The fourth-order valence-electron chi connectivity index (χ4n) is 3.40. The van der Waals surface area contributed by atoms with E-state index in [2.05, 4.69) is 25.8 Å². The van der Waals surface area contributed by atoms with Gasteiger partial charge in [-0.2, -0.15) is 10.6 Å². The highest BCUT2D eigenvalue weighted by atomic mass is 32.3. The SMILES string of the molecule is CNc1cnc(NC(=O)/C(=N/OC2CCCC2)c2ccc(S(O)(O)CCCOC)cc2)cn1. The monoisotopic (exact) mass is 477 g/mol. The van der Waals surface area contributed by atoms with Gasteiger partial charge in [-0.3, -0.25) is 13.9 Å². The minimum absolute atomic E-state index is 0.0189. The Kier molecular flexibility index (Phi) is 9.01. The first-order valence-electron chi connectivity index (χ1n) is 10.8. The van der Waals surface area contributed by atoms with Crippen LogP contribution in [0.4, 0.5) is 11.6 Å². The van der Waals surface area contributed by atoms with Crippen LogP contribution in [0, 0.1) is 0 Å². The van der Waals surface area contributed by atoms with Crippen molar-refractivity contribution >= 4 is 33.8 Å². The molecule has 4 N–H and O–H groups in total. The number of ether oxygens (including phenoxy) is 1. The summed E-state index contributed by atoms with van der Waals surface area (Å²) in [5.74, 6) is 0.551. The quantitative estimate of drug-likeness (QED) is 0.217. The Balaban J connectivity index is 1.79. The summed E-state index contributed by atoms with van der Waals surface area (Å²) in [7, 11) is 0.345. The van der Waals surface area contributed by atoms with Crippen molar-refractivity contribution in [1.29, 1.82) is 0 Å². The molecule has 33 heavy (non-hydrogen) atoms. The molecular weight excluding hydrogens is 446 g/mol. The van der Waals surface area contributed by atoms with Crippen LogP contribution in [0.1, 0.15) is 37.7 Å². The summed E-state index contributed by atoms with van der Waals surface area (Å²) in [4.78, 5) is 27.4. The number of hydrogen-bond donors (Lipinski definition) is 4. The van der Waals surface area contributed by atoms with Gasteiger partial charge in [0.1, 0.15) is 11.9 Å². The maximum Gasteiger partial charge on any atom is 0.279 e. The van der Waals surface area contributed by atoms with Crippen LogP contribution in [0.3, 0.4) is 0 Å². The van der Waals surface area contributed by atoms with E-state index < -0.39 is 16.5 Å². The van der Waals surface area contributed by atoms with Crippen molar-refractivity contribution in [3.05, 3.63) is 42.2 Å². The lowest BCUT2D eigenvalue weighted by molar-refractivity contribution is -0.110. The van der Waals surface area contributed by atoms with E-state index in [4.69, 9.17) is 9.57 Å². The predicted molar refractivity (Wildman–Crippen MR) is 129 cm³/mol. The number of nitrogens with zero attached hydrogens (tertiary/aromatic N) is 3. The third-order valence-electron chi connectivity index (χ3n) is 5.24. The van der Waals surface area contributed by atoms with E-state index in [-0.39, 0.29) is 23.4 Å². The highest BCUT2D eigenvalue weighted by Gasteiger charge is 2.22. The lowest BCUT2D eigenvalue weighted by atomic mass is 10.1. The van der Waals surface area contributed by atoms with Crippen LogP contribution in [0.15, 0.2) is 46.7 Å². The molecule has 1 aromatic carbocycles. The van der Waals surface area contributed by atoms with E-state index in [9.17, 15) is 13.9 Å². The molecule has 1 fully saturated rings. The van der Waals surface area contributed by atoms with Crippen LogP contribution in [-0.2, 0) is 14.4 Å². The van der Waals surface area contributed by atoms with E-state index in [0.29, 0.717) is 29.3 Å². The summed E-state index contributed by atoms with van der Waals surface area (Å²) in [5, 5.41) is 9.72. The Morgan fingerprint density at radius 2 is 1.82 bits per heavy atom. The topological polar surface area (TPSA) is 138 Å². The first-order valence-corrected chi connectivity index (χ1v) is 12.5. The van der Waals surface area contributed by atoms with Crippen molar-refractivity contribution in [2.75, 3.05) is 37.2 Å². The second-order valence-electron chi connectivity index (χ2n) is 7.68. The number of methoxy groups -OCH3 is 1. The van der Waals surface area contributed by atoms with Gasteiger partial charge in [-0.25, -0.2) is 9.97 Å². The second-order valence-corrected chi connectivity index (χ2v) is 9.90. The molecular formula is C22H31N5O5S. The highest BCUT2D eigenvalue weighted by Crippen LogP contribution is 2.48. The summed E-state index contributed by atoms with van der Waals surface area (Å²) in [6, 6.07) is 6.45. The lowest BCUT2D eigenvalue weighted by Crippen LogP contribution is -2.25. The summed E-state index contributed by atoms with van der Waals surface area (Å²) >= 11 is 0. The normalized spacial score (nSPS) is 15.3. The van der Waals surface area contributed by atoms with Gasteiger partial charge in [0, 0.05) is 32.1 Å². The fraction of sp³-hybridized carbons (Fsp3) is 0.455. The van der Waals surface area contributed by atoms with E-state index in [1.165, 1.54) is 12.4 Å². The van der Waals surface area contributed by atoms with Crippen LogP contribution in [0.5, 0.6) is 0 Å². The number of oxime groups is 1. The molecule has 3 rings (SSSR count). The van der Waals surface area contributed by atoms with Crippen molar-refractivity contribution < 1.29 is 23.5 Å². The number of benzene rings is 1. The minimum atomic E-state index is -2.95. The second kappa shape index (κ2) is 11.9. The lowest BCUT2D eigenvalue weighted by Gasteiger charge is -2.32. The molecule has 0 aliphatic heterocycles. The summed E-state index contributed by atoms with van der Waals surface area (Å²) in [5.41, 5.74) is 0.560. The number of amides is 1. The van der Waals surface area contributed by atoms with Crippen LogP contribution >= 0.6 is 10.6 Å². The molecule has 10 nitrogen and oxygen atoms in total. The Labute approximate surface area is 195 Å². The molecule has 1 aliphatic carbocycles. The molecule has 1 amide bonds. The Morgan fingerprint density at radius 3 is 2.42 bits per heavy atom. The zero-order chi connectivity index (χ0) is 23.7. The highest BCUT2D eigenvalue weighted by molar-refractivity contribution is 8.24. The summed E-state index contributed by atoms with van der Waals surface area (Å²) < 4.78 is 25.9. The molecule has 1 aliphatic rings. The van der Waals surface area contributed by atoms with Gasteiger partial charge in [0.25, 0.3) is 5.91 Å². The maximum absolute atomic E-state index is 13.0. The average molecular weight is 478 g/mol. The standard InChI is InChI=1S/C22H31N5O5S/c1-23-19-14-25-20(15-24-19)26-22(28)21(27-32-17-6-3-4-7-17)16-8-10-18(11-9-16)33(29,30)13-5-12-31-2/h8-11,14-15,17,29-30H,3-7,12-13H2,1-2H3,(H,23,24)(H,25,26,28)/b27-21+. The molecule has 2 aromatic rings. The molecule has 1 aromatic heterocycles. The smallest absolute Gasteiger partial charge is 0.279 e. The van der Waals surface area contributed by atoms with Crippen molar-refractivity contribution in [1.82, 2.24) is 9.97 Å². The number of rotatable bonds is 11. The Morgan fingerprint density at radius 1 is 1.15 bits per heavy atom. The molecule has 180 valence electrons. The largest absolute Gasteiger partial charge is 0.392 e. The van der Waals surface area contributed by atoms with E-state index in [1.807, 2.05) is 0 Å². The number of nitrogens with one attached hydrogen (secondary N) is 2. The van der Waals surface area contributed by atoms with Crippen LogP contribution < -0.4 is 10.6 Å². The zero-order valence-electron chi connectivity index (χ0n) is 18.9. The Hall–Kier alpha value is -2.73. The Bertz CT molecular complexity index is 931. The number of aromatic nitrogens is 2. The maximum atomic E-state index is 13.0. The van der Waals surface area contributed by atoms with E-state index in [0.717, 1.165) is 25.7 Å². The number of anilines is 2. The third kappa shape index (κ3) is 7.13. The average Bonchev–Trinajstić information content (AvgIpc) is 3.34. The molecule has 0 bridgehead atoms. The first kappa shape index (κ1) is 24.9. The molecule has 1 saturated carbocycles. The molecule has 0 saturated heterocycles. The first-order chi connectivity index (χ1) is 15.9. The van der Waals surface area contributed by atoms with Crippen molar-refractivity contribution in [3.63, 3.8) is 0 Å². The van der Waals surface area contributed by atoms with Crippen LogP contribution in [0.25, 0.3) is 0 Å². The van der Waals surface area contributed by atoms with Gasteiger partial charge in [-0.05, 0) is 44.2 Å². The van der Waals surface area contributed by atoms with E-state index in [1.54, 1.807) is 38.4 Å². The van der Waals surface area contributed by atoms with Gasteiger partial charge >= 0.3 is 0 Å². The van der Waals surface area contributed by atoms with Crippen LogP contribution in [0.2, 0.25) is 0 Å². The third-order valence-corrected chi connectivity index (χ3v) is 7.13. The van der Waals surface area contributed by atoms with Crippen molar-refractivity contribution in [2.24, 2.45) is 5.16 Å².